The molecule has 0 aliphatic heterocycles. The fourth-order valence-corrected chi connectivity index (χ4v) is 1.95. The number of nitrogens with zero attached hydrogens (tertiary/aromatic N) is 2. The molecule has 3 nitrogen and oxygen atoms in total. The van der Waals surface area contributed by atoms with Crippen molar-refractivity contribution in [3.63, 3.8) is 0 Å². The molecule has 106 valence electrons. The van der Waals surface area contributed by atoms with Crippen LogP contribution < -0.4 is 4.74 Å². The molecule has 0 unspecified atom stereocenters. The lowest BCUT2D eigenvalue weighted by atomic mass is 10.1. The van der Waals surface area contributed by atoms with E-state index in [4.69, 9.17) is 0 Å². The highest BCUT2D eigenvalue weighted by Crippen LogP contribution is 2.26. The van der Waals surface area contributed by atoms with E-state index in [1.165, 1.54) is 24.3 Å². The number of fused-ring (bicyclic) bond motifs is 1. The first kappa shape index (κ1) is 13.4. The van der Waals surface area contributed by atoms with Crippen LogP contribution in [0.5, 0.6) is 5.75 Å². The lowest BCUT2D eigenvalue weighted by Crippen LogP contribution is -2.16. The van der Waals surface area contributed by atoms with Gasteiger partial charge in [-0.25, -0.2) is 0 Å². The average molecular weight is 290 g/mol. The molecule has 0 bridgehead atoms. The predicted molar refractivity (Wildman–Crippen MR) is 71.7 cm³/mol. The summed E-state index contributed by atoms with van der Waals surface area (Å²) in [5.41, 5.74) is 2.11. The smallest absolute Gasteiger partial charge is 0.406 e. The Morgan fingerprint density at radius 1 is 0.952 bits per heavy atom. The number of benzene rings is 1. The van der Waals surface area contributed by atoms with E-state index >= 15 is 0 Å². The average Bonchev–Trinajstić information content (AvgIpc) is 2.46. The first-order valence-corrected chi connectivity index (χ1v) is 6.08. The topological polar surface area (TPSA) is 35.0 Å². The maximum absolute atomic E-state index is 12.1. The van der Waals surface area contributed by atoms with Crippen molar-refractivity contribution in [1.29, 1.82) is 0 Å². The van der Waals surface area contributed by atoms with Crippen molar-refractivity contribution in [1.82, 2.24) is 9.97 Å². The Labute approximate surface area is 118 Å². The molecule has 0 spiro atoms. The van der Waals surface area contributed by atoms with Crippen molar-refractivity contribution >= 4 is 10.9 Å². The zero-order valence-corrected chi connectivity index (χ0v) is 10.6. The summed E-state index contributed by atoms with van der Waals surface area (Å²) in [6, 6.07) is 11.1. The van der Waals surface area contributed by atoms with Gasteiger partial charge in [-0.05, 0) is 42.5 Å². The molecule has 0 aliphatic rings. The van der Waals surface area contributed by atoms with E-state index in [2.05, 4.69) is 14.7 Å². The van der Waals surface area contributed by atoms with Gasteiger partial charge in [0.25, 0.3) is 0 Å². The molecule has 6 heteroatoms. The third-order valence-electron chi connectivity index (χ3n) is 2.87. The van der Waals surface area contributed by atoms with Gasteiger partial charge in [0, 0.05) is 23.3 Å². The first-order valence-electron chi connectivity index (χ1n) is 6.08. The van der Waals surface area contributed by atoms with Gasteiger partial charge in [-0.15, -0.1) is 13.2 Å². The second-order valence-electron chi connectivity index (χ2n) is 4.34. The molecule has 0 N–H and O–H groups in total. The highest BCUT2D eigenvalue weighted by Gasteiger charge is 2.30. The monoisotopic (exact) mass is 290 g/mol. The van der Waals surface area contributed by atoms with Crippen LogP contribution in [0.2, 0.25) is 0 Å². The Bertz CT molecular complexity index is 770. The molecule has 1 aromatic carbocycles. The van der Waals surface area contributed by atoms with E-state index in [1.54, 1.807) is 18.5 Å². The maximum atomic E-state index is 12.1. The highest BCUT2D eigenvalue weighted by atomic mass is 19.4. The third kappa shape index (κ3) is 3.10. The van der Waals surface area contributed by atoms with Crippen LogP contribution >= 0.6 is 0 Å². The standard InChI is InChI=1S/C15H9F3N2O/c16-15(17,18)21-12-5-3-10(4-6-12)13-8-14-11(9-20-13)2-1-7-19-14/h1-9H. The quantitative estimate of drug-likeness (QED) is 0.709. The molecule has 3 aromatic rings. The molecular formula is C15H9F3N2O. The summed E-state index contributed by atoms with van der Waals surface area (Å²) in [5.74, 6) is -0.259. The Morgan fingerprint density at radius 3 is 2.43 bits per heavy atom. The SMILES string of the molecule is FC(F)(F)Oc1ccc(-c2cc3ncccc3cn2)cc1. The summed E-state index contributed by atoms with van der Waals surface area (Å²) >= 11 is 0. The summed E-state index contributed by atoms with van der Waals surface area (Å²) in [7, 11) is 0. The van der Waals surface area contributed by atoms with E-state index in [-0.39, 0.29) is 5.75 Å². The van der Waals surface area contributed by atoms with Gasteiger partial charge in [0.15, 0.2) is 0 Å². The Morgan fingerprint density at radius 2 is 1.71 bits per heavy atom. The molecule has 0 saturated carbocycles. The molecule has 2 aromatic heterocycles. The largest absolute Gasteiger partial charge is 0.573 e. The van der Waals surface area contributed by atoms with E-state index in [9.17, 15) is 13.2 Å². The van der Waals surface area contributed by atoms with Crippen molar-refractivity contribution in [3.05, 3.63) is 54.9 Å². The van der Waals surface area contributed by atoms with Crippen LogP contribution in [0, 0.1) is 0 Å². The first-order chi connectivity index (χ1) is 10.0. The maximum Gasteiger partial charge on any atom is 0.573 e. The lowest BCUT2D eigenvalue weighted by molar-refractivity contribution is -0.274. The number of alkyl halides is 3. The molecule has 0 atom stereocenters. The minimum Gasteiger partial charge on any atom is -0.406 e. The van der Waals surface area contributed by atoms with Gasteiger partial charge >= 0.3 is 6.36 Å². The fourth-order valence-electron chi connectivity index (χ4n) is 1.95. The van der Waals surface area contributed by atoms with E-state index in [0.717, 1.165) is 10.9 Å². The number of hydrogen-bond donors (Lipinski definition) is 0. The number of hydrogen-bond acceptors (Lipinski definition) is 3. The van der Waals surface area contributed by atoms with Gasteiger partial charge in [-0.1, -0.05) is 0 Å². The van der Waals surface area contributed by atoms with Gasteiger partial charge in [-0.3, -0.25) is 9.97 Å². The minimum absolute atomic E-state index is 0.259. The van der Waals surface area contributed by atoms with Gasteiger partial charge in [-0.2, -0.15) is 0 Å². The Balaban J connectivity index is 1.91. The van der Waals surface area contributed by atoms with Crippen LogP contribution in [-0.4, -0.2) is 16.3 Å². The number of halogens is 3. The predicted octanol–water partition coefficient (Wildman–Crippen LogP) is 4.20. The summed E-state index contributed by atoms with van der Waals surface area (Å²) in [6.07, 6.45) is -1.34. The summed E-state index contributed by atoms with van der Waals surface area (Å²) < 4.78 is 40.1. The van der Waals surface area contributed by atoms with Crippen LogP contribution in [0.1, 0.15) is 0 Å². The zero-order valence-electron chi connectivity index (χ0n) is 10.6. The van der Waals surface area contributed by atoms with Crippen LogP contribution in [0.4, 0.5) is 13.2 Å². The Kier molecular flexibility index (Phi) is 3.21. The second kappa shape index (κ2) is 5.05. The fraction of sp³-hybridized carbons (Fsp3) is 0.0667. The van der Waals surface area contributed by atoms with Crippen LogP contribution in [0.25, 0.3) is 22.2 Å². The number of aromatic nitrogens is 2. The summed E-state index contributed by atoms with van der Waals surface area (Å²) in [6.45, 7) is 0. The number of pyridine rings is 2. The summed E-state index contributed by atoms with van der Waals surface area (Å²) in [5, 5.41) is 0.901. The Hall–Kier alpha value is -2.63. The highest BCUT2D eigenvalue weighted by molar-refractivity contribution is 5.81. The zero-order chi connectivity index (χ0) is 14.9. The second-order valence-corrected chi connectivity index (χ2v) is 4.34. The van der Waals surface area contributed by atoms with E-state index in [1.807, 2.05) is 12.1 Å². The molecule has 0 aliphatic carbocycles. The molecule has 21 heavy (non-hydrogen) atoms. The normalized spacial score (nSPS) is 11.6. The van der Waals surface area contributed by atoms with Gasteiger partial charge in [0.05, 0.1) is 11.2 Å². The van der Waals surface area contributed by atoms with Gasteiger partial charge < -0.3 is 4.74 Å². The van der Waals surface area contributed by atoms with Gasteiger partial charge in [0.1, 0.15) is 5.75 Å². The number of rotatable bonds is 2. The molecule has 0 radical (unpaired) electrons. The molecule has 3 rings (SSSR count). The summed E-state index contributed by atoms with van der Waals surface area (Å²) in [4.78, 5) is 8.50. The third-order valence-corrected chi connectivity index (χ3v) is 2.87. The van der Waals surface area contributed by atoms with Crippen LogP contribution in [-0.2, 0) is 0 Å². The molecule has 0 fully saturated rings. The van der Waals surface area contributed by atoms with Crippen LogP contribution in [0.15, 0.2) is 54.9 Å². The van der Waals surface area contributed by atoms with E-state index < -0.39 is 6.36 Å². The minimum atomic E-state index is -4.69. The van der Waals surface area contributed by atoms with Crippen molar-refractivity contribution in [2.24, 2.45) is 0 Å². The van der Waals surface area contributed by atoms with E-state index in [0.29, 0.717) is 11.3 Å². The molecule has 2 heterocycles. The molecule has 0 amide bonds. The van der Waals surface area contributed by atoms with Crippen molar-refractivity contribution < 1.29 is 17.9 Å². The number of ether oxygens (including phenoxy) is 1. The molecule has 0 saturated heterocycles. The van der Waals surface area contributed by atoms with Crippen LogP contribution in [0.3, 0.4) is 0 Å². The molecular weight excluding hydrogens is 281 g/mol. The van der Waals surface area contributed by atoms with Crippen molar-refractivity contribution in [2.45, 2.75) is 6.36 Å². The van der Waals surface area contributed by atoms with Gasteiger partial charge in [0.2, 0.25) is 0 Å². The lowest BCUT2D eigenvalue weighted by Gasteiger charge is -2.09. The van der Waals surface area contributed by atoms with Crippen molar-refractivity contribution in [2.75, 3.05) is 0 Å². The van der Waals surface area contributed by atoms with Crippen molar-refractivity contribution in [3.8, 4) is 17.0 Å².